The SMILES string of the molecule is C[C@@H]1CCc2c(sc(NC(=O)COC(=O)CCc3ccsc3)c2C#N)C1. The fourth-order valence-electron chi connectivity index (χ4n) is 3.02. The van der Waals surface area contributed by atoms with Gasteiger partial charge in [0.05, 0.1) is 5.56 Å². The summed E-state index contributed by atoms with van der Waals surface area (Å²) in [5.74, 6) is -0.205. The van der Waals surface area contributed by atoms with Crippen LogP contribution in [0.5, 0.6) is 0 Å². The van der Waals surface area contributed by atoms with Crippen molar-refractivity contribution in [2.45, 2.75) is 39.0 Å². The molecule has 0 radical (unpaired) electrons. The van der Waals surface area contributed by atoms with E-state index in [1.54, 1.807) is 11.3 Å². The Hall–Kier alpha value is -2.17. The summed E-state index contributed by atoms with van der Waals surface area (Å²) in [4.78, 5) is 25.1. The first-order valence-corrected chi connectivity index (χ1v) is 10.3. The maximum Gasteiger partial charge on any atom is 0.306 e. The highest BCUT2D eigenvalue weighted by molar-refractivity contribution is 7.16. The van der Waals surface area contributed by atoms with Crippen molar-refractivity contribution in [3.63, 3.8) is 0 Å². The van der Waals surface area contributed by atoms with Gasteiger partial charge in [-0.05, 0) is 59.6 Å². The van der Waals surface area contributed by atoms with Crippen LogP contribution in [0.2, 0.25) is 0 Å². The number of rotatable bonds is 6. The number of hydrogen-bond acceptors (Lipinski definition) is 6. The molecule has 1 N–H and O–H groups in total. The van der Waals surface area contributed by atoms with Crippen molar-refractivity contribution in [1.29, 1.82) is 5.26 Å². The van der Waals surface area contributed by atoms with Crippen molar-refractivity contribution in [1.82, 2.24) is 0 Å². The van der Waals surface area contributed by atoms with E-state index >= 15 is 0 Å². The lowest BCUT2D eigenvalue weighted by atomic mass is 9.89. The van der Waals surface area contributed by atoms with Gasteiger partial charge in [0.2, 0.25) is 0 Å². The number of aryl methyl sites for hydroxylation is 1. The second kappa shape index (κ2) is 8.47. The van der Waals surface area contributed by atoms with Crippen LogP contribution in [0.3, 0.4) is 0 Å². The Kier molecular flexibility index (Phi) is 6.07. The van der Waals surface area contributed by atoms with Crippen LogP contribution in [0, 0.1) is 17.2 Å². The summed E-state index contributed by atoms with van der Waals surface area (Å²) < 4.78 is 5.04. The van der Waals surface area contributed by atoms with Crippen LogP contribution >= 0.6 is 22.7 Å². The zero-order chi connectivity index (χ0) is 18.5. The molecule has 0 spiro atoms. The number of hydrogen-bond donors (Lipinski definition) is 1. The van der Waals surface area contributed by atoms with Gasteiger partial charge in [-0.3, -0.25) is 9.59 Å². The predicted molar refractivity (Wildman–Crippen MR) is 102 cm³/mol. The van der Waals surface area contributed by atoms with Crippen molar-refractivity contribution in [3.05, 3.63) is 38.4 Å². The van der Waals surface area contributed by atoms with Crippen LogP contribution in [0.15, 0.2) is 16.8 Å². The van der Waals surface area contributed by atoms with Gasteiger partial charge in [0.1, 0.15) is 11.1 Å². The molecular formula is C19H20N2O3S2. The van der Waals surface area contributed by atoms with Gasteiger partial charge in [-0.15, -0.1) is 11.3 Å². The molecule has 0 aliphatic heterocycles. The van der Waals surface area contributed by atoms with Crippen molar-refractivity contribution >= 4 is 39.6 Å². The number of anilines is 1. The maximum absolute atomic E-state index is 12.1. The van der Waals surface area contributed by atoms with Gasteiger partial charge < -0.3 is 10.1 Å². The Morgan fingerprint density at radius 2 is 2.31 bits per heavy atom. The summed E-state index contributed by atoms with van der Waals surface area (Å²) in [6, 6.07) is 4.18. The summed E-state index contributed by atoms with van der Waals surface area (Å²) in [6.45, 7) is 1.87. The average molecular weight is 389 g/mol. The first-order valence-electron chi connectivity index (χ1n) is 8.58. The quantitative estimate of drug-likeness (QED) is 0.761. The minimum Gasteiger partial charge on any atom is -0.456 e. The van der Waals surface area contributed by atoms with Gasteiger partial charge in [-0.1, -0.05) is 6.92 Å². The molecule has 0 aromatic carbocycles. The Balaban J connectivity index is 1.52. The molecule has 0 saturated heterocycles. The van der Waals surface area contributed by atoms with E-state index in [9.17, 15) is 14.9 Å². The molecule has 7 heteroatoms. The Morgan fingerprint density at radius 3 is 3.04 bits per heavy atom. The van der Waals surface area contributed by atoms with E-state index in [1.165, 1.54) is 16.2 Å². The third-order valence-electron chi connectivity index (χ3n) is 4.44. The molecule has 0 saturated carbocycles. The summed E-state index contributed by atoms with van der Waals surface area (Å²) in [5, 5.41) is 16.7. The number of ether oxygens (including phenoxy) is 1. The standard InChI is InChI=1S/C19H20N2O3S2/c1-12-2-4-14-15(9-20)19(26-16(14)8-12)21-17(22)10-24-18(23)5-3-13-6-7-25-11-13/h6-7,11-12H,2-5,8,10H2,1H3,(H,21,22)/t12-/m1/s1. The first kappa shape index (κ1) is 18.6. The molecule has 1 aliphatic rings. The van der Waals surface area contributed by atoms with Crippen LogP contribution in [0.1, 0.15) is 41.3 Å². The number of carbonyl (C=O) groups is 2. The van der Waals surface area contributed by atoms with Gasteiger partial charge in [-0.2, -0.15) is 16.6 Å². The molecule has 26 heavy (non-hydrogen) atoms. The van der Waals surface area contributed by atoms with Gasteiger partial charge in [0, 0.05) is 11.3 Å². The van der Waals surface area contributed by atoms with E-state index in [2.05, 4.69) is 18.3 Å². The summed E-state index contributed by atoms with van der Waals surface area (Å²) in [7, 11) is 0. The monoisotopic (exact) mass is 388 g/mol. The smallest absolute Gasteiger partial charge is 0.306 e. The number of esters is 1. The van der Waals surface area contributed by atoms with Crippen molar-refractivity contribution < 1.29 is 14.3 Å². The second-order valence-corrected chi connectivity index (χ2v) is 8.39. The number of nitriles is 1. The molecule has 0 bridgehead atoms. The molecular weight excluding hydrogens is 368 g/mol. The van der Waals surface area contributed by atoms with Crippen molar-refractivity contribution in [3.8, 4) is 6.07 Å². The van der Waals surface area contributed by atoms with E-state index in [0.29, 0.717) is 22.9 Å². The highest BCUT2D eigenvalue weighted by atomic mass is 32.1. The minimum absolute atomic E-state index is 0.249. The van der Waals surface area contributed by atoms with Crippen LogP contribution in [0.4, 0.5) is 5.00 Å². The molecule has 0 unspecified atom stereocenters. The molecule has 5 nitrogen and oxygen atoms in total. The number of carbonyl (C=O) groups excluding carboxylic acids is 2. The Bertz CT molecular complexity index is 834. The molecule has 2 aromatic heterocycles. The first-order chi connectivity index (χ1) is 12.6. The van der Waals surface area contributed by atoms with E-state index in [4.69, 9.17) is 4.74 Å². The zero-order valence-corrected chi connectivity index (χ0v) is 16.2. The third-order valence-corrected chi connectivity index (χ3v) is 6.34. The van der Waals surface area contributed by atoms with Gasteiger partial charge in [0.15, 0.2) is 6.61 Å². The fraction of sp³-hybridized carbons (Fsp3) is 0.421. The third kappa shape index (κ3) is 4.51. The number of nitrogens with zero attached hydrogens (tertiary/aromatic N) is 1. The maximum atomic E-state index is 12.1. The lowest BCUT2D eigenvalue weighted by molar-refractivity contribution is -0.147. The summed E-state index contributed by atoms with van der Waals surface area (Å²) >= 11 is 3.05. The summed E-state index contributed by atoms with van der Waals surface area (Å²) in [5.41, 5.74) is 2.72. The zero-order valence-electron chi connectivity index (χ0n) is 14.5. The molecule has 2 aromatic rings. The Labute approximate surface area is 160 Å². The molecule has 3 rings (SSSR count). The minimum atomic E-state index is -0.406. The molecule has 0 fully saturated rings. The number of thiophene rings is 2. The Morgan fingerprint density at radius 1 is 1.46 bits per heavy atom. The van der Waals surface area contributed by atoms with E-state index in [0.717, 1.165) is 30.4 Å². The normalized spacial score (nSPS) is 15.8. The van der Waals surface area contributed by atoms with Crippen LogP contribution in [-0.2, 0) is 33.6 Å². The van der Waals surface area contributed by atoms with Crippen LogP contribution in [0.25, 0.3) is 0 Å². The van der Waals surface area contributed by atoms with Crippen LogP contribution in [-0.4, -0.2) is 18.5 Å². The van der Waals surface area contributed by atoms with Gasteiger partial charge in [-0.25, -0.2) is 0 Å². The highest BCUT2D eigenvalue weighted by Gasteiger charge is 2.24. The molecule has 1 aliphatic carbocycles. The topological polar surface area (TPSA) is 79.2 Å². The number of amides is 1. The van der Waals surface area contributed by atoms with E-state index < -0.39 is 11.9 Å². The van der Waals surface area contributed by atoms with Crippen molar-refractivity contribution in [2.24, 2.45) is 5.92 Å². The lowest BCUT2D eigenvalue weighted by Gasteiger charge is -2.17. The molecule has 1 atom stereocenters. The second-order valence-electron chi connectivity index (χ2n) is 6.51. The largest absolute Gasteiger partial charge is 0.456 e. The number of fused-ring (bicyclic) bond motifs is 1. The molecule has 1 amide bonds. The van der Waals surface area contributed by atoms with E-state index in [1.807, 2.05) is 16.8 Å². The highest BCUT2D eigenvalue weighted by Crippen LogP contribution is 2.39. The molecule has 136 valence electrons. The fourth-order valence-corrected chi connectivity index (χ4v) is 5.10. The van der Waals surface area contributed by atoms with E-state index in [-0.39, 0.29) is 13.0 Å². The number of nitrogens with one attached hydrogen (secondary N) is 1. The van der Waals surface area contributed by atoms with Gasteiger partial charge in [0.25, 0.3) is 5.91 Å². The van der Waals surface area contributed by atoms with Gasteiger partial charge >= 0.3 is 5.97 Å². The lowest BCUT2D eigenvalue weighted by Crippen LogP contribution is -2.21. The van der Waals surface area contributed by atoms with Crippen LogP contribution < -0.4 is 5.32 Å². The predicted octanol–water partition coefficient (Wildman–Crippen LogP) is 3.92. The van der Waals surface area contributed by atoms with Crippen molar-refractivity contribution in [2.75, 3.05) is 11.9 Å². The average Bonchev–Trinajstić information content (AvgIpc) is 3.24. The summed E-state index contributed by atoms with van der Waals surface area (Å²) in [6.07, 6.45) is 3.75. The molecule has 2 heterocycles.